The average Bonchev–Trinajstić information content (AvgIpc) is 2.99. The van der Waals surface area contributed by atoms with Crippen LogP contribution in [-0.4, -0.2) is 40.6 Å². The Kier molecular flexibility index (Phi) is 5.94. The zero-order valence-electron chi connectivity index (χ0n) is 18.3. The molecule has 162 valence electrons. The summed E-state index contributed by atoms with van der Waals surface area (Å²) in [6.07, 6.45) is 2.19. The van der Waals surface area contributed by atoms with Gasteiger partial charge in [-0.05, 0) is 42.4 Å². The summed E-state index contributed by atoms with van der Waals surface area (Å²) in [5.41, 5.74) is 1.50. The number of likely N-dealkylation sites (tertiary alicyclic amines) is 2. The Morgan fingerprint density at radius 3 is 2.48 bits per heavy atom. The first kappa shape index (κ1) is 21.3. The van der Waals surface area contributed by atoms with Crippen molar-refractivity contribution in [3.8, 4) is 0 Å². The van der Waals surface area contributed by atoms with E-state index in [9.17, 15) is 14.4 Å². The van der Waals surface area contributed by atoms with Crippen LogP contribution in [0.1, 0.15) is 49.3 Å². The average molecular weight is 419 g/mol. The van der Waals surface area contributed by atoms with E-state index in [4.69, 9.17) is 0 Å². The number of aryl methyl sites for hydroxylation is 1. The third kappa shape index (κ3) is 4.14. The number of carbonyl (C=O) groups is 3. The van der Waals surface area contributed by atoms with Crippen LogP contribution in [-0.2, 0) is 26.3 Å². The second-order valence-electron chi connectivity index (χ2n) is 9.11. The van der Waals surface area contributed by atoms with E-state index in [0.717, 1.165) is 42.6 Å². The summed E-state index contributed by atoms with van der Waals surface area (Å²) in [5.74, 6) is -0.0360. The molecule has 5 heteroatoms. The van der Waals surface area contributed by atoms with Crippen LogP contribution in [0.25, 0.3) is 0 Å². The van der Waals surface area contributed by atoms with E-state index in [-0.39, 0.29) is 37.1 Å². The van der Waals surface area contributed by atoms with E-state index in [1.807, 2.05) is 66.4 Å². The second kappa shape index (κ2) is 8.66. The molecular weight excluding hydrogens is 388 g/mol. The van der Waals surface area contributed by atoms with Crippen LogP contribution in [0.15, 0.2) is 54.6 Å². The van der Waals surface area contributed by atoms with Crippen LogP contribution in [0, 0.1) is 12.8 Å². The van der Waals surface area contributed by atoms with Crippen LogP contribution < -0.4 is 0 Å². The number of nitrogens with zero attached hydrogens (tertiary/aromatic N) is 2. The highest BCUT2D eigenvalue weighted by atomic mass is 16.2. The highest BCUT2D eigenvalue weighted by Gasteiger charge is 2.54. The fraction of sp³-hybridized carbons (Fsp3) is 0.423. The largest absolute Gasteiger partial charge is 0.342 e. The number of amides is 3. The van der Waals surface area contributed by atoms with Gasteiger partial charge in [0, 0.05) is 25.9 Å². The molecule has 2 saturated heterocycles. The predicted molar refractivity (Wildman–Crippen MR) is 119 cm³/mol. The van der Waals surface area contributed by atoms with E-state index in [1.54, 1.807) is 0 Å². The minimum absolute atomic E-state index is 0.0301. The molecule has 0 unspecified atom stereocenters. The molecule has 31 heavy (non-hydrogen) atoms. The molecule has 3 amide bonds. The lowest BCUT2D eigenvalue weighted by molar-refractivity contribution is -0.143. The van der Waals surface area contributed by atoms with Gasteiger partial charge in [-0.3, -0.25) is 19.3 Å². The molecule has 2 aromatic rings. The van der Waals surface area contributed by atoms with E-state index in [2.05, 4.69) is 6.92 Å². The van der Waals surface area contributed by atoms with Crippen molar-refractivity contribution >= 4 is 17.7 Å². The molecule has 2 heterocycles. The van der Waals surface area contributed by atoms with Crippen LogP contribution in [0.4, 0.5) is 0 Å². The lowest BCUT2D eigenvalue weighted by Crippen LogP contribution is -2.46. The minimum atomic E-state index is -1.13. The van der Waals surface area contributed by atoms with Crippen molar-refractivity contribution in [1.82, 2.24) is 9.80 Å². The van der Waals surface area contributed by atoms with Crippen molar-refractivity contribution in [1.29, 1.82) is 0 Å². The molecule has 2 aliphatic rings. The van der Waals surface area contributed by atoms with Gasteiger partial charge >= 0.3 is 0 Å². The molecule has 0 aromatic heterocycles. The van der Waals surface area contributed by atoms with E-state index < -0.39 is 5.41 Å². The molecule has 0 saturated carbocycles. The van der Waals surface area contributed by atoms with Crippen molar-refractivity contribution < 1.29 is 14.4 Å². The lowest BCUT2D eigenvalue weighted by Gasteiger charge is -2.35. The monoisotopic (exact) mass is 418 g/mol. The molecule has 5 nitrogen and oxygen atoms in total. The zero-order valence-corrected chi connectivity index (χ0v) is 18.3. The lowest BCUT2D eigenvalue weighted by atomic mass is 9.73. The minimum Gasteiger partial charge on any atom is -0.342 e. The number of rotatable bonds is 5. The van der Waals surface area contributed by atoms with Gasteiger partial charge in [0.15, 0.2) is 0 Å². The highest BCUT2D eigenvalue weighted by Crippen LogP contribution is 2.42. The van der Waals surface area contributed by atoms with Gasteiger partial charge in [-0.1, -0.05) is 61.5 Å². The molecule has 2 aromatic carbocycles. The van der Waals surface area contributed by atoms with Crippen LogP contribution in [0.5, 0.6) is 0 Å². The van der Waals surface area contributed by atoms with Gasteiger partial charge < -0.3 is 4.90 Å². The van der Waals surface area contributed by atoms with Gasteiger partial charge in [0.05, 0.1) is 12.0 Å². The zero-order chi connectivity index (χ0) is 22.0. The number of imide groups is 1. The number of benzene rings is 2. The Bertz CT molecular complexity index is 987. The van der Waals surface area contributed by atoms with E-state index in [0.29, 0.717) is 5.92 Å². The summed E-state index contributed by atoms with van der Waals surface area (Å²) in [5, 5.41) is 0. The Labute approximate surface area is 184 Å². The third-order valence-corrected chi connectivity index (χ3v) is 6.72. The maximum atomic E-state index is 13.8. The summed E-state index contributed by atoms with van der Waals surface area (Å²) < 4.78 is 0. The van der Waals surface area contributed by atoms with Gasteiger partial charge in [-0.2, -0.15) is 0 Å². The Morgan fingerprint density at radius 1 is 1.06 bits per heavy atom. The summed E-state index contributed by atoms with van der Waals surface area (Å²) in [6.45, 7) is 5.78. The maximum absolute atomic E-state index is 13.8. The molecule has 2 fully saturated rings. The number of hydrogen-bond acceptors (Lipinski definition) is 3. The SMILES string of the molecule is Cc1ccccc1[C@]1(CC(=O)N2CCC[C@@H](C)C2)CC(=O)N(Cc2ccccc2)C1=O. The molecule has 2 atom stereocenters. The van der Waals surface area contributed by atoms with Gasteiger partial charge in [0.1, 0.15) is 0 Å². The van der Waals surface area contributed by atoms with E-state index in [1.165, 1.54) is 4.90 Å². The normalized spacial score (nSPS) is 24.0. The number of carbonyl (C=O) groups excluding carboxylic acids is 3. The summed E-state index contributed by atoms with van der Waals surface area (Å²) >= 11 is 0. The van der Waals surface area contributed by atoms with Crippen molar-refractivity contribution in [2.24, 2.45) is 5.92 Å². The fourth-order valence-electron chi connectivity index (χ4n) is 5.07. The van der Waals surface area contributed by atoms with Crippen molar-refractivity contribution in [2.75, 3.05) is 13.1 Å². The molecular formula is C26H30N2O3. The molecule has 0 aliphatic carbocycles. The predicted octanol–water partition coefficient (Wildman–Crippen LogP) is 3.84. The first-order valence-electron chi connectivity index (χ1n) is 11.1. The summed E-state index contributed by atoms with van der Waals surface area (Å²) in [4.78, 5) is 43.5. The number of piperidine rings is 1. The molecule has 4 rings (SSSR count). The Morgan fingerprint density at radius 2 is 1.77 bits per heavy atom. The highest BCUT2D eigenvalue weighted by molar-refractivity contribution is 6.10. The van der Waals surface area contributed by atoms with Crippen molar-refractivity contribution in [3.05, 3.63) is 71.3 Å². The standard InChI is InChI=1S/C26H30N2O3/c1-19-9-8-14-27(17-19)23(29)15-26(22-13-7-6-10-20(22)2)16-24(30)28(25(26)31)18-21-11-4-3-5-12-21/h3-7,10-13,19H,8-9,14-18H2,1-2H3/t19-,26+/m1/s1. The Hall–Kier alpha value is -2.95. The van der Waals surface area contributed by atoms with Gasteiger partial charge in [-0.25, -0.2) is 0 Å². The van der Waals surface area contributed by atoms with E-state index >= 15 is 0 Å². The molecule has 2 aliphatic heterocycles. The van der Waals surface area contributed by atoms with Gasteiger partial charge in [0.25, 0.3) is 0 Å². The maximum Gasteiger partial charge on any atom is 0.241 e. The second-order valence-corrected chi connectivity index (χ2v) is 9.11. The first-order chi connectivity index (χ1) is 14.9. The number of hydrogen-bond donors (Lipinski definition) is 0. The third-order valence-electron chi connectivity index (χ3n) is 6.72. The fourth-order valence-corrected chi connectivity index (χ4v) is 5.07. The molecule has 0 bridgehead atoms. The van der Waals surface area contributed by atoms with Gasteiger partial charge in [-0.15, -0.1) is 0 Å². The summed E-state index contributed by atoms with van der Waals surface area (Å²) in [7, 11) is 0. The van der Waals surface area contributed by atoms with Crippen LogP contribution in [0.3, 0.4) is 0 Å². The van der Waals surface area contributed by atoms with Gasteiger partial charge in [0.2, 0.25) is 17.7 Å². The van der Waals surface area contributed by atoms with Crippen LogP contribution >= 0.6 is 0 Å². The molecule has 0 radical (unpaired) electrons. The quantitative estimate of drug-likeness (QED) is 0.693. The smallest absolute Gasteiger partial charge is 0.241 e. The van der Waals surface area contributed by atoms with Crippen LogP contribution in [0.2, 0.25) is 0 Å². The van der Waals surface area contributed by atoms with Crippen molar-refractivity contribution in [2.45, 2.75) is 51.5 Å². The topological polar surface area (TPSA) is 57.7 Å². The summed E-state index contributed by atoms with van der Waals surface area (Å²) in [6, 6.07) is 17.2. The Balaban J connectivity index is 1.68. The molecule has 0 N–H and O–H groups in total. The first-order valence-corrected chi connectivity index (χ1v) is 11.1. The van der Waals surface area contributed by atoms with Crippen molar-refractivity contribution in [3.63, 3.8) is 0 Å². The molecule has 0 spiro atoms.